The van der Waals surface area contributed by atoms with E-state index in [0.717, 1.165) is 6.67 Å². The molecule has 0 aliphatic rings. The van der Waals surface area contributed by atoms with Gasteiger partial charge in [-0.1, -0.05) is 0 Å². The van der Waals surface area contributed by atoms with Crippen LogP contribution in [0.25, 0.3) is 0 Å². The average molecular weight is 202 g/mol. The molecule has 12 heavy (non-hydrogen) atoms. The second-order valence-corrected chi connectivity index (χ2v) is 2.54. The van der Waals surface area contributed by atoms with Crippen LogP contribution in [-0.2, 0) is 23.7 Å². The minimum Gasteiger partial charge on any atom is -0.336 e. The van der Waals surface area contributed by atoms with Crippen LogP contribution < -0.4 is 0 Å². The third-order valence-corrected chi connectivity index (χ3v) is 1.66. The molecule has 0 bridgehead atoms. The Morgan fingerprint density at radius 2 is 1.00 bits per heavy atom. The minimum absolute atomic E-state index is 0. The van der Waals surface area contributed by atoms with Crippen molar-refractivity contribution in [2.24, 2.45) is 0 Å². The second-order valence-electron chi connectivity index (χ2n) is 2.54. The largest absolute Gasteiger partial charge is 0.336 e. The summed E-state index contributed by atoms with van der Waals surface area (Å²) < 4.78 is 4.25. The van der Waals surface area contributed by atoms with E-state index in [-0.39, 0.29) is 17.1 Å². The first kappa shape index (κ1) is 9.17. The summed E-state index contributed by atoms with van der Waals surface area (Å²) in [6.45, 7) is 0.903. The molecule has 2 nitrogen and oxygen atoms in total. The number of nitrogens with zero attached hydrogens (tertiary/aromatic N) is 2. The van der Waals surface area contributed by atoms with E-state index in [2.05, 4.69) is 33.9 Å². The molecule has 0 saturated heterocycles. The zero-order valence-electron chi connectivity index (χ0n) is 6.57. The predicted octanol–water partition coefficient (Wildman–Crippen LogP) is 1.79. The van der Waals surface area contributed by atoms with Crippen molar-refractivity contribution in [3.8, 4) is 0 Å². The van der Waals surface area contributed by atoms with Crippen LogP contribution in [-0.4, -0.2) is 9.13 Å². The molecule has 0 fully saturated rings. The summed E-state index contributed by atoms with van der Waals surface area (Å²) in [5, 5.41) is 0. The predicted molar refractivity (Wildman–Crippen MR) is 44.3 cm³/mol. The smallest absolute Gasteiger partial charge is 0.0976 e. The maximum atomic E-state index is 2.12. The molecule has 0 saturated carbocycles. The van der Waals surface area contributed by atoms with Crippen molar-refractivity contribution in [2.75, 3.05) is 0 Å². The van der Waals surface area contributed by atoms with Gasteiger partial charge in [-0.2, -0.15) is 0 Å². The van der Waals surface area contributed by atoms with Crippen LogP contribution >= 0.6 is 0 Å². The van der Waals surface area contributed by atoms with Crippen LogP contribution in [0.1, 0.15) is 0 Å². The number of hydrogen-bond donors (Lipinski definition) is 0. The molecule has 0 radical (unpaired) electrons. The molecule has 0 aliphatic carbocycles. The van der Waals surface area contributed by atoms with Gasteiger partial charge in [-0.15, -0.1) is 0 Å². The normalized spacial score (nSPS) is 9.33. The summed E-state index contributed by atoms with van der Waals surface area (Å²) >= 11 is 0. The van der Waals surface area contributed by atoms with E-state index in [9.17, 15) is 0 Å². The molecule has 2 aromatic heterocycles. The van der Waals surface area contributed by atoms with E-state index in [1.165, 1.54) is 0 Å². The zero-order valence-corrected chi connectivity index (χ0v) is 7.68. The van der Waals surface area contributed by atoms with E-state index in [1.807, 2.05) is 24.3 Å². The zero-order chi connectivity index (χ0) is 7.52. The van der Waals surface area contributed by atoms with E-state index >= 15 is 0 Å². The summed E-state index contributed by atoms with van der Waals surface area (Å²) in [6, 6.07) is 8.12. The van der Waals surface area contributed by atoms with Gasteiger partial charge in [0.25, 0.3) is 0 Å². The van der Waals surface area contributed by atoms with Crippen molar-refractivity contribution < 1.29 is 17.1 Å². The number of hydrogen-bond acceptors (Lipinski definition) is 0. The Kier molecular flexibility index (Phi) is 3.20. The topological polar surface area (TPSA) is 9.86 Å². The van der Waals surface area contributed by atoms with E-state index in [1.54, 1.807) is 0 Å². The van der Waals surface area contributed by atoms with Crippen molar-refractivity contribution in [3.05, 3.63) is 49.1 Å². The first-order valence-corrected chi connectivity index (χ1v) is 3.67. The van der Waals surface area contributed by atoms with Crippen molar-refractivity contribution in [1.29, 1.82) is 0 Å². The van der Waals surface area contributed by atoms with Crippen molar-refractivity contribution >= 4 is 0 Å². The standard InChI is InChI=1S/C9H10N2.Fe/c1-2-6-10(5-1)9-11-7-3-4-8-11;/h1-8H,9H2;. The van der Waals surface area contributed by atoms with Gasteiger partial charge in [0, 0.05) is 41.9 Å². The Hall–Kier alpha value is -0.921. The average Bonchev–Trinajstić information content (AvgIpc) is 2.60. The van der Waals surface area contributed by atoms with Gasteiger partial charge in [0.2, 0.25) is 0 Å². The van der Waals surface area contributed by atoms with Gasteiger partial charge in [0.05, 0.1) is 6.67 Å². The molecule has 0 unspecified atom stereocenters. The molecule has 2 heterocycles. The quantitative estimate of drug-likeness (QED) is 0.657. The summed E-state index contributed by atoms with van der Waals surface area (Å²) in [4.78, 5) is 0. The van der Waals surface area contributed by atoms with Gasteiger partial charge in [-0.3, -0.25) is 0 Å². The van der Waals surface area contributed by atoms with Gasteiger partial charge in [0.15, 0.2) is 0 Å². The molecule has 3 heteroatoms. The SMILES string of the molecule is [Fe].c1ccn(Cn2cccc2)c1. The first-order valence-electron chi connectivity index (χ1n) is 3.67. The van der Waals surface area contributed by atoms with Crippen molar-refractivity contribution in [1.82, 2.24) is 9.13 Å². The molecule has 2 aromatic rings. The fourth-order valence-electron chi connectivity index (χ4n) is 1.12. The van der Waals surface area contributed by atoms with Crippen LogP contribution in [0.4, 0.5) is 0 Å². The molecule has 0 spiro atoms. The Bertz CT molecular complexity index is 265. The maximum absolute atomic E-state index is 2.12. The van der Waals surface area contributed by atoms with Gasteiger partial charge < -0.3 is 9.13 Å². The summed E-state index contributed by atoms with van der Waals surface area (Å²) in [5.41, 5.74) is 0. The molecule has 0 amide bonds. The Morgan fingerprint density at radius 3 is 1.33 bits per heavy atom. The third-order valence-electron chi connectivity index (χ3n) is 1.66. The van der Waals surface area contributed by atoms with Crippen molar-refractivity contribution in [3.63, 3.8) is 0 Å². The van der Waals surface area contributed by atoms with Crippen LogP contribution in [0.2, 0.25) is 0 Å². The Labute approximate surface area is 82.3 Å². The third kappa shape index (κ3) is 2.03. The molecular weight excluding hydrogens is 192 g/mol. The fourth-order valence-corrected chi connectivity index (χ4v) is 1.12. The van der Waals surface area contributed by atoms with E-state index < -0.39 is 0 Å². The number of aromatic nitrogens is 2. The molecule has 2 rings (SSSR count). The Balaban J connectivity index is 0.000000720. The van der Waals surface area contributed by atoms with Gasteiger partial charge >= 0.3 is 0 Å². The van der Waals surface area contributed by atoms with Crippen molar-refractivity contribution in [2.45, 2.75) is 6.67 Å². The van der Waals surface area contributed by atoms with Gasteiger partial charge in [-0.25, -0.2) is 0 Å². The molecule has 64 valence electrons. The molecule has 0 aromatic carbocycles. The minimum atomic E-state index is 0. The summed E-state index contributed by atoms with van der Waals surface area (Å²) in [5.74, 6) is 0. The molecular formula is C9H10FeN2. The van der Waals surface area contributed by atoms with Crippen LogP contribution in [0.15, 0.2) is 49.1 Å². The van der Waals surface area contributed by atoms with Crippen LogP contribution in [0.5, 0.6) is 0 Å². The number of rotatable bonds is 2. The van der Waals surface area contributed by atoms with E-state index in [0.29, 0.717) is 0 Å². The summed E-state index contributed by atoms with van der Waals surface area (Å²) in [7, 11) is 0. The van der Waals surface area contributed by atoms with Crippen LogP contribution in [0.3, 0.4) is 0 Å². The molecule has 0 N–H and O–H groups in total. The van der Waals surface area contributed by atoms with Gasteiger partial charge in [0.1, 0.15) is 0 Å². The summed E-state index contributed by atoms with van der Waals surface area (Å²) in [6.07, 6.45) is 8.22. The van der Waals surface area contributed by atoms with E-state index in [4.69, 9.17) is 0 Å². The van der Waals surface area contributed by atoms with Gasteiger partial charge in [-0.05, 0) is 24.3 Å². The maximum Gasteiger partial charge on any atom is 0.0976 e. The second kappa shape index (κ2) is 4.19. The molecule has 0 aliphatic heterocycles. The Morgan fingerprint density at radius 1 is 0.667 bits per heavy atom. The molecule has 0 atom stereocenters. The fraction of sp³-hybridized carbons (Fsp3) is 0.111. The first-order chi connectivity index (χ1) is 5.45. The monoisotopic (exact) mass is 202 g/mol. The van der Waals surface area contributed by atoms with Crippen LogP contribution in [0, 0.1) is 0 Å².